The fourth-order valence-corrected chi connectivity index (χ4v) is 1.52. The Morgan fingerprint density at radius 2 is 1.75 bits per heavy atom. The summed E-state index contributed by atoms with van der Waals surface area (Å²) in [7, 11) is 0. The molecule has 0 spiro atoms. The fraction of sp³-hybridized carbons (Fsp3) is 0.467. The van der Waals surface area contributed by atoms with Crippen molar-refractivity contribution in [2.75, 3.05) is 13.1 Å². The lowest BCUT2D eigenvalue weighted by atomic mass is 9.87. The largest absolute Gasteiger partial charge is 0.314 e. The van der Waals surface area contributed by atoms with Crippen molar-refractivity contribution in [3.05, 3.63) is 41.5 Å². The Morgan fingerprint density at radius 1 is 1.12 bits per heavy atom. The Hall–Kier alpha value is -1.08. The first-order chi connectivity index (χ1) is 7.54. The average Bonchev–Trinajstić information content (AvgIpc) is 2.24. The molecule has 0 aromatic heterocycles. The maximum atomic E-state index is 3.27. The molecule has 0 unspecified atom stereocenters. The highest BCUT2D eigenvalue weighted by atomic mass is 14.8. The van der Waals surface area contributed by atoms with Crippen LogP contribution >= 0.6 is 0 Å². The van der Waals surface area contributed by atoms with Gasteiger partial charge in [0.1, 0.15) is 0 Å². The summed E-state index contributed by atoms with van der Waals surface area (Å²) in [5, 5.41) is 3.27. The summed E-state index contributed by atoms with van der Waals surface area (Å²) in [6.07, 6.45) is 4.32. The van der Waals surface area contributed by atoms with E-state index in [4.69, 9.17) is 0 Å². The van der Waals surface area contributed by atoms with Crippen molar-refractivity contribution in [1.82, 2.24) is 5.32 Å². The zero-order valence-electron chi connectivity index (χ0n) is 10.9. The first kappa shape index (κ1) is 13.0. The molecule has 0 amide bonds. The van der Waals surface area contributed by atoms with Crippen molar-refractivity contribution in [3.63, 3.8) is 0 Å². The SMILES string of the molecule is CCNCC=Cc1ccc(C(C)(C)C)cc1. The van der Waals surface area contributed by atoms with Gasteiger partial charge in [0.2, 0.25) is 0 Å². The van der Waals surface area contributed by atoms with Gasteiger partial charge in [-0.15, -0.1) is 0 Å². The third kappa shape index (κ3) is 4.19. The first-order valence-electron chi connectivity index (χ1n) is 6.02. The minimum Gasteiger partial charge on any atom is -0.314 e. The van der Waals surface area contributed by atoms with Crippen LogP contribution in [0.15, 0.2) is 30.3 Å². The van der Waals surface area contributed by atoms with E-state index in [2.05, 4.69) is 69.4 Å². The van der Waals surface area contributed by atoms with Crippen LogP contribution in [0.2, 0.25) is 0 Å². The van der Waals surface area contributed by atoms with E-state index in [0.29, 0.717) is 0 Å². The molecule has 0 atom stereocenters. The van der Waals surface area contributed by atoms with Gasteiger partial charge in [0.05, 0.1) is 0 Å². The van der Waals surface area contributed by atoms with Crippen LogP contribution in [0.1, 0.15) is 38.8 Å². The molecule has 1 aromatic carbocycles. The van der Waals surface area contributed by atoms with E-state index < -0.39 is 0 Å². The number of hydrogen-bond acceptors (Lipinski definition) is 1. The highest BCUT2D eigenvalue weighted by Gasteiger charge is 2.12. The van der Waals surface area contributed by atoms with Gasteiger partial charge in [-0.25, -0.2) is 0 Å². The lowest BCUT2D eigenvalue weighted by molar-refractivity contribution is 0.590. The molecule has 0 bridgehead atoms. The van der Waals surface area contributed by atoms with Gasteiger partial charge in [0.15, 0.2) is 0 Å². The minimum atomic E-state index is 0.242. The van der Waals surface area contributed by atoms with Crippen molar-refractivity contribution in [2.24, 2.45) is 0 Å². The molecule has 1 rings (SSSR count). The van der Waals surface area contributed by atoms with Gasteiger partial charge < -0.3 is 5.32 Å². The molecular weight excluding hydrogens is 194 g/mol. The molecule has 0 aliphatic carbocycles. The third-order valence-electron chi connectivity index (χ3n) is 2.60. The van der Waals surface area contributed by atoms with E-state index >= 15 is 0 Å². The number of likely N-dealkylation sites (N-methyl/N-ethyl adjacent to an activating group) is 1. The summed E-state index contributed by atoms with van der Waals surface area (Å²) in [5.74, 6) is 0. The van der Waals surface area contributed by atoms with Crippen LogP contribution in [0, 0.1) is 0 Å². The molecule has 0 aliphatic rings. The molecule has 0 heterocycles. The van der Waals surface area contributed by atoms with Crippen LogP contribution in [0.4, 0.5) is 0 Å². The zero-order valence-corrected chi connectivity index (χ0v) is 10.9. The van der Waals surface area contributed by atoms with E-state index in [9.17, 15) is 0 Å². The molecule has 0 radical (unpaired) electrons. The highest BCUT2D eigenvalue weighted by Crippen LogP contribution is 2.22. The summed E-state index contributed by atoms with van der Waals surface area (Å²) < 4.78 is 0. The van der Waals surface area contributed by atoms with Gasteiger partial charge in [-0.05, 0) is 23.1 Å². The Bertz CT molecular complexity index is 327. The van der Waals surface area contributed by atoms with Crippen molar-refractivity contribution in [1.29, 1.82) is 0 Å². The molecule has 1 N–H and O–H groups in total. The molecule has 0 aliphatic heterocycles. The normalized spacial score (nSPS) is 12.2. The van der Waals surface area contributed by atoms with Crippen LogP contribution < -0.4 is 5.32 Å². The Kier molecular flexibility index (Phi) is 4.75. The van der Waals surface area contributed by atoms with Crippen molar-refractivity contribution < 1.29 is 0 Å². The Labute approximate surface area is 99.6 Å². The highest BCUT2D eigenvalue weighted by molar-refractivity contribution is 5.50. The van der Waals surface area contributed by atoms with Gasteiger partial charge in [-0.1, -0.05) is 64.1 Å². The first-order valence-corrected chi connectivity index (χ1v) is 6.02. The van der Waals surface area contributed by atoms with Gasteiger partial charge >= 0.3 is 0 Å². The van der Waals surface area contributed by atoms with Gasteiger partial charge in [0.25, 0.3) is 0 Å². The maximum Gasteiger partial charge on any atom is 0.0138 e. The van der Waals surface area contributed by atoms with Crippen LogP contribution in [-0.4, -0.2) is 13.1 Å². The average molecular weight is 217 g/mol. The molecule has 1 heteroatoms. The maximum absolute atomic E-state index is 3.27. The number of benzene rings is 1. The molecule has 1 nitrogen and oxygen atoms in total. The fourth-order valence-electron chi connectivity index (χ4n) is 1.52. The van der Waals surface area contributed by atoms with E-state index in [1.807, 2.05) is 0 Å². The predicted molar refractivity (Wildman–Crippen MR) is 72.7 cm³/mol. The van der Waals surface area contributed by atoms with E-state index in [0.717, 1.165) is 13.1 Å². The Balaban J connectivity index is 2.61. The van der Waals surface area contributed by atoms with Gasteiger partial charge in [-0.3, -0.25) is 0 Å². The summed E-state index contributed by atoms with van der Waals surface area (Å²) in [6.45, 7) is 10.8. The van der Waals surface area contributed by atoms with Gasteiger partial charge in [0, 0.05) is 6.54 Å². The lowest BCUT2D eigenvalue weighted by Gasteiger charge is -2.18. The molecule has 88 valence electrons. The van der Waals surface area contributed by atoms with E-state index in [-0.39, 0.29) is 5.41 Å². The number of rotatable bonds is 4. The number of nitrogens with one attached hydrogen (secondary N) is 1. The molecule has 0 saturated carbocycles. The van der Waals surface area contributed by atoms with Crippen molar-refractivity contribution >= 4 is 6.08 Å². The lowest BCUT2D eigenvalue weighted by Crippen LogP contribution is -2.11. The molecule has 0 fully saturated rings. The van der Waals surface area contributed by atoms with Crippen LogP contribution in [0.3, 0.4) is 0 Å². The second-order valence-electron chi connectivity index (χ2n) is 5.08. The predicted octanol–water partition coefficient (Wildman–Crippen LogP) is 3.61. The van der Waals surface area contributed by atoms with Crippen molar-refractivity contribution in [2.45, 2.75) is 33.1 Å². The summed E-state index contributed by atoms with van der Waals surface area (Å²) in [4.78, 5) is 0. The van der Waals surface area contributed by atoms with Crippen LogP contribution in [-0.2, 0) is 5.41 Å². The molecule has 16 heavy (non-hydrogen) atoms. The zero-order chi connectivity index (χ0) is 12.0. The standard InChI is InChI=1S/C15H23N/c1-5-16-12-6-7-13-8-10-14(11-9-13)15(2,3)4/h6-11,16H,5,12H2,1-4H3. The summed E-state index contributed by atoms with van der Waals surface area (Å²) >= 11 is 0. The second-order valence-corrected chi connectivity index (χ2v) is 5.08. The van der Waals surface area contributed by atoms with Gasteiger partial charge in [-0.2, -0.15) is 0 Å². The van der Waals surface area contributed by atoms with Crippen LogP contribution in [0.5, 0.6) is 0 Å². The second kappa shape index (κ2) is 5.86. The molecule has 1 aromatic rings. The topological polar surface area (TPSA) is 12.0 Å². The summed E-state index contributed by atoms with van der Waals surface area (Å²) in [6, 6.07) is 8.80. The molecular formula is C15H23N. The quantitative estimate of drug-likeness (QED) is 0.760. The Morgan fingerprint density at radius 3 is 2.25 bits per heavy atom. The minimum absolute atomic E-state index is 0.242. The van der Waals surface area contributed by atoms with Crippen molar-refractivity contribution in [3.8, 4) is 0 Å². The van der Waals surface area contributed by atoms with E-state index in [1.54, 1.807) is 0 Å². The summed E-state index contributed by atoms with van der Waals surface area (Å²) in [5.41, 5.74) is 2.90. The smallest absolute Gasteiger partial charge is 0.0138 e. The molecule has 0 saturated heterocycles. The number of hydrogen-bond donors (Lipinski definition) is 1. The third-order valence-corrected chi connectivity index (χ3v) is 2.60. The monoisotopic (exact) mass is 217 g/mol. The van der Waals surface area contributed by atoms with Crippen LogP contribution in [0.25, 0.3) is 6.08 Å². The van der Waals surface area contributed by atoms with E-state index in [1.165, 1.54) is 11.1 Å².